The van der Waals surface area contributed by atoms with Crippen molar-refractivity contribution < 1.29 is 9.53 Å². The molecule has 0 bridgehead atoms. The third-order valence-corrected chi connectivity index (χ3v) is 5.61. The van der Waals surface area contributed by atoms with Gasteiger partial charge in [-0.3, -0.25) is 9.79 Å². The molecule has 0 radical (unpaired) electrons. The lowest BCUT2D eigenvalue weighted by molar-refractivity contribution is -0.118. The second-order valence-electron chi connectivity index (χ2n) is 7.36. The molecule has 3 heterocycles. The molecule has 6 nitrogen and oxygen atoms in total. The Morgan fingerprint density at radius 2 is 2.14 bits per heavy atom. The van der Waals surface area contributed by atoms with Gasteiger partial charge in [-0.15, -0.1) is 0 Å². The number of pyridine rings is 1. The Balaban J connectivity index is 1.52. The van der Waals surface area contributed by atoms with Crippen LogP contribution in [-0.2, 0) is 17.8 Å². The smallest absolute Gasteiger partial charge is 0.227 e. The number of carbonyl (C=O) groups excluding carboxylic acids is 1. The molecule has 2 atom stereocenters. The molecule has 2 aliphatic rings. The molecule has 146 valence electrons. The SMILES string of the molecule is COc1nc2c(cc1CN=CC1CCN[C@H]1c1ccccc1)N(C)C(=O)CC2. The summed E-state index contributed by atoms with van der Waals surface area (Å²) in [6, 6.07) is 12.8. The van der Waals surface area contributed by atoms with Crippen molar-refractivity contribution in [3.05, 3.63) is 53.2 Å². The van der Waals surface area contributed by atoms with Gasteiger partial charge in [0.25, 0.3) is 0 Å². The molecule has 0 saturated carbocycles. The lowest BCUT2D eigenvalue weighted by Crippen LogP contribution is -2.31. The number of carbonyl (C=O) groups is 1. The van der Waals surface area contributed by atoms with Crippen molar-refractivity contribution in [1.82, 2.24) is 10.3 Å². The molecule has 0 spiro atoms. The molecular formula is C22H26N4O2. The van der Waals surface area contributed by atoms with Gasteiger partial charge in [0.1, 0.15) is 0 Å². The second kappa shape index (κ2) is 8.10. The van der Waals surface area contributed by atoms with E-state index in [0.717, 1.165) is 29.9 Å². The summed E-state index contributed by atoms with van der Waals surface area (Å²) in [6.07, 6.45) is 4.28. The molecule has 6 heteroatoms. The standard InChI is InChI=1S/C22H26N4O2/c1-26-19-12-17(22(28-2)25-18(19)8-9-20(26)27)14-23-13-16-10-11-24-21(16)15-6-4-3-5-7-15/h3-7,12-13,16,21,24H,8-11,14H2,1-2H3/t16?,21-/m0/s1. The van der Waals surface area contributed by atoms with Crippen LogP contribution in [0, 0.1) is 5.92 Å². The van der Waals surface area contributed by atoms with Gasteiger partial charge in [0.2, 0.25) is 11.8 Å². The van der Waals surface area contributed by atoms with Crippen molar-refractivity contribution in [3.63, 3.8) is 0 Å². The maximum absolute atomic E-state index is 12.0. The predicted molar refractivity (Wildman–Crippen MR) is 110 cm³/mol. The Labute approximate surface area is 165 Å². The van der Waals surface area contributed by atoms with Crippen molar-refractivity contribution in [2.75, 3.05) is 25.6 Å². The van der Waals surface area contributed by atoms with Crippen molar-refractivity contribution in [2.24, 2.45) is 10.9 Å². The molecule has 1 fully saturated rings. The Kier molecular flexibility index (Phi) is 5.39. The minimum absolute atomic E-state index is 0.122. The topological polar surface area (TPSA) is 66.8 Å². The summed E-state index contributed by atoms with van der Waals surface area (Å²) in [5.41, 5.74) is 3.98. The number of benzene rings is 1. The first-order valence-electron chi connectivity index (χ1n) is 9.79. The Morgan fingerprint density at radius 3 is 2.93 bits per heavy atom. The number of fused-ring (bicyclic) bond motifs is 1. The van der Waals surface area contributed by atoms with E-state index in [1.807, 2.05) is 12.1 Å². The van der Waals surface area contributed by atoms with Crippen LogP contribution in [0.15, 0.2) is 41.4 Å². The van der Waals surface area contributed by atoms with E-state index in [1.54, 1.807) is 19.1 Å². The van der Waals surface area contributed by atoms with Crippen LogP contribution in [0.25, 0.3) is 0 Å². The fourth-order valence-corrected chi connectivity index (χ4v) is 4.05. The number of rotatable bonds is 5. The van der Waals surface area contributed by atoms with E-state index >= 15 is 0 Å². The monoisotopic (exact) mass is 378 g/mol. The maximum atomic E-state index is 12.0. The highest BCUT2D eigenvalue weighted by atomic mass is 16.5. The van der Waals surface area contributed by atoms with Crippen molar-refractivity contribution in [3.8, 4) is 5.88 Å². The number of methoxy groups -OCH3 is 1. The molecule has 1 aromatic heterocycles. The van der Waals surface area contributed by atoms with Crippen LogP contribution in [0.5, 0.6) is 5.88 Å². The molecule has 1 amide bonds. The fraction of sp³-hybridized carbons (Fsp3) is 0.409. The molecule has 1 saturated heterocycles. The molecule has 4 rings (SSSR count). The number of hydrogen-bond acceptors (Lipinski definition) is 5. The number of nitrogens with zero attached hydrogens (tertiary/aromatic N) is 3. The summed E-state index contributed by atoms with van der Waals surface area (Å²) >= 11 is 0. The fourth-order valence-electron chi connectivity index (χ4n) is 4.05. The summed E-state index contributed by atoms with van der Waals surface area (Å²) in [4.78, 5) is 23.0. The zero-order valence-corrected chi connectivity index (χ0v) is 16.4. The average molecular weight is 378 g/mol. The Hall–Kier alpha value is -2.73. The third kappa shape index (κ3) is 3.64. The van der Waals surface area contributed by atoms with E-state index in [9.17, 15) is 4.79 Å². The van der Waals surface area contributed by atoms with Gasteiger partial charge in [-0.1, -0.05) is 30.3 Å². The zero-order valence-electron chi connectivity index (χ0n) is 16.4. The first-order valence-corrected chi connectivity index (χ1v) is 9.79. The molecule has 2 aliphatic heterocycles. The van der Waals surface area contributed by atoms with Crippen molar-refractivity contribution >= 4 is 17.8 Å². The van der Waals surface area contributed by atoms with E-state index in [4.69, 9.17) is 9.73 Å². The minimum atomic E-state index is 0.122. The number of ether oxygens (including phenoxy) is 1. The van der Waals surface area contributed by atoms with E-state index in [1.165, 1.54) is 5.56 Å². The van der Waals surface area contributed by atoms with Gasteiger partial charge in [-0.25, -0.2) is 4.98 Å². The highest BCUT2D eigenvalue weighted by Gasteiger charge is 2.27. The first-order chi connectivity index (χ1) is 13.7. The van der Waals surface area contributed by atoms with Crippen molar-refractivity contribution in [2.45, 2.75) is 31.8 Å². The number of nitrogens with one attached hydrogen (secondary N) is 1. The normalized spacial score (nSPS) is 21.9. The Bertz CT molecular complexity index is 882. The van der Waals surface area contributed by atoms with Crippen LogP contribution in [0.3, 0.4) is 0 Å². The minimum Gasteiger partial charge on any atom is -0.481 e. The van der Waals surface area contributed by atoms with Gasteiger partial charge < -0.3 is 15.0 Å². The van der Waals surface area contributed by atoms with Gasteiger partial charge in [0, 0.05) is 43.6 Å². The van der Waals surface area contributed by atoms with E-state index < -0.39 is 0 Å². The van der Waals surface area contributed by atoms with Gasteiger partial charge >= 0.3 is 0 Å². The Morgan fingerprint density at radius 1 is 1.32 bits per heavy atom. The lowest BCUT2D eigenvalue weighted by atomic mass is 9.95. The van der Waals surface area contributed by atoms with E-state index in [-0.39, 0.29) is 5.91 Å². The highest BCUT2D eigenvalue weighted by Crippen LogP contribution is 2.31. The van der Waals surface area contributed by atoms with E-state index in [2.05, 4.69) is 40.8 Å². The van der Waals surface area contributed by atoms with Crippen LogP contribution < -0.4 is 15.0 Å². The van der Waals surface area contributed by atoms with Gasteiger partial charge in [0.05, 0.1) is 25.0 Å². The van der Waals surface area contributed by atoms with Crippen LogP contribution >= 0.6 is 0 Å². The number of anilines is 1. The largest absolute Gasteiger partial charge is 0.481 e. The van der Waals surface area contributed by atoms with Gasteiger partial charge in [0.15, 0.2) is 0 Å². The second-order valence-corrected chi connectivity index (χ2v) is 7.36. The summed E-state index contributed by atoms with van der Waals surface area (Å²) in [6.45, 7) is 1.48. The first kappa shape index (κ1) is 18.6. The molecular weight excluding hydrogens is 352 g/mol. The summed E-state index contributed by atoms with van der Waals surface area (Å²) in [5.74, 6) is 1.09. The number of aliphatic imine (C=N–C) groups is 1. The van der Waals surface area contributed by atoms with Crippen molar-refractivity contribution in [1.29, 1.82) is 0 Å². The molecule has 1 unspecified atom stereocenters. The molecule has 2 aromatic rings. The molecule has 28 heavy (non-hydrogen) atoms. The van der Waals surface area contributed by atoms with E-state index in [0.29, 0.717) is 37.2 Å². The number of aromatic nitrogens is 1. The molecule has 1 aromatic carbocycles. The number of amides is 1. The maximum Gasteiger partial charge on any atom is 0.227 e. The highest BCUT2D eigenvalue weighted by molar-refractivity contribution is 5.95. The third-order valence-electron chi connectivity index (χ3n) is 5.61. The summed E-state index contributed by atoms with van der Waals surface area (Å²) < 4.78 is 5.49. The molecule has 1 N–H and O–H groups in total. The molecule has 0 aliphatic carbocycles. The average Bonchev–Trinajstić information content (AvgIpc) is 3.20. The van der Waals surface area contributed by atoms with Crippen LogP contribution in [0.4, 0.5) is 5.69 Å². The van der Waals surface area contributed by atoms with Gasteiger partial charge in [-0.2, -0.15) is 0 Å². The lowest BCUT2D eigenvalue weighted by Gasteiger charge is -2.26. The zero-order chi connectivity index (χ0) is 19.5. The van der Waals surface area contributed by atoms with Crippen LogP contribution in [0.2, 0.25) is 0 Å². The van der Waals surface area contributed by atoms with Crippen LogP contribution in [0.1, 0.15) is 35.7 Å². The summed E-state index contributed by atoms with van der Waals surface area (Å²) in [5, 5.41) is 3.57. The van der Waals surface area contributed by atoms with Crippen LogP contribution in [-0.4, -0.2) is 37.8 Å². The predicted octanol–water partition coefficient (Wildman–Crippen LogP) is 2.92. The quantitative estimate of drug-likeness (QED) is 0.813. The number of aryl methyl sites for hydroxylation is 1. The summed E-state index contributed by atoms with van der Waals surface area (Å²) in [7, 11) is 3.43. The van der Waals surface area contributed by atoms with Gasteiger partial charge in [-0.05, 0) is 24.6 Å². The number of hydrogen-bond donors (Lipinski definition) is 1.